The quantitative estimate of drug-likeness (QED) is 0.857. The Morgan fingerprint density at radius 2 is 2.06 bits per heavy atom. The molecule has 0 spiro atoms. The number of nitrogens with zero attached hydrogens (tertiary/aromatic N) is 2. The van der Waals surface area contributed by atoms with Gasteiger partial charge in [-0.2, -0.15) is 0 Å². The normalized spacial score (nSPS) is 18.2. The summed E-state index contributed by atoms with van der Waals surface area (Å²) in [5.41, 5.74) is 0.741. The van der Waals surface area contributed by atoms with Gasteiger partial charge in [0.25, 0.3) is 0 Å². The minimum atomic E-state index is -0.248. The number of hydrogen-bond acceptors (Lipinski definition) is 3. The van der Waals surface area contributed by atoms with Crippen molar-refractivity contribution in [2.45, 2.75) is 37.6 Å². The number of likely N-dealkylation sites (N-methyl/N-ethyl adjacent to an activating group) is 1. The average Bonchev–Trinajstić information content (AvgIpc) is 2.79. The van der Waals surface area contributed by atoms with Crippen LogP contribution < -0.4 is 0 Å². The van der Waals surface area contributed by atoms with Crippen LogP contribution in [-0.4, -0.2) is 35.3 Å². The van der Waals surface area contributed by atoms with Gasteiger partial charge in [-0.1, -0.05) is 12.8 Å². The van der Waals surface area contributed by atoms with Gasteiger partial charge in [0.1, 0.15) is 0 Å². The van der Waals surface area contributed by atoms with E-state index in [0.717, 1.165) is 35.7 Å². The van der Waals surface area contributed by atoms with E-state index in [0.29, 0.717) is 12.2 Å². The molecule has 0 saturated heterocycles. The summed E-state index contributed by atoms with van der Waals surface area (Å²) < 4.78 is 0.929. The van der Waals surface area contributed by atoms with E-state index in [9.17, 15) is 4.79 Å². The van der Waals surface area contributed by atoms with Crippen LogP contribution in [0.1, 0.15) is 31.2 Å². The summed E-state index contributed by atoms with van der Waals surface area (Å²) >= 11 is 3.39. The van der Waals surface area contributed by atoms with E-state index in [4.69, 9.17) is 0 Å². The molecule has 1 fully saturated rings. The van der Waals surface area contributed by atoms with Crippen LogP contribution in [0.3, 0.4) is 0 Å². The molecule has 1 saturated carbocycles. The lowest BCUT2D eigenvalue weighted by Gasteiger charge is -2.34. The smallest absolute Gasteiger partial charge is 0.157 e. The van der Waals surface area contributed by atoms with Gasteiger partial charge in [0.05, 0.1) is 5.54 Å². The van der Waals surface area contributed by atoms with Gasteiger partial charge in [0.2, 0.25) is 0 Å². The molecule has 0 radical (unpaired) electrons. The molecule has 98 valence electrons. The third-order valence-corrected chi connectivity index (χ3v) is 4.37. The largest absolute Gasteiger partial charge is 0.297 e. The Morgan fingerprint density at radius 1 is 1.39 bits per heavy atom. The molecule has 0 atom stereocenters. The first-order valence-electron chi connectivity index (χ1n) is 6.35. The van der Waals surface area contributed by atoms with E-state index < -0.39 is 0 Å². The Morgan fingerprint density at radius 3 is 2.61 bits per heavy atom. The Balaban J connectivity index is 2.16. The van der Waals surface area contributed by atoms with Gasteiger partial charge in [-0.05, 0) is 54.5 Å². The number of halogens is 1. The zero-order chi connectivity index (χ0) is 13.2. The number of aromatic nitrogens is 1. The third kappa shape index (κ3) is 2.64. The molecule has 0 unspecified atom stereocenters. The first kappa shape index (κ1) is 13.7. The van der Waals surface area contributed by atoms with Crippen LogP contribution in [-0.2, 0) is 11.2 Å². The van der Waals surface area contributed by atoms with Gasteiger partial charge < -0.3 is 0 Å². The van der Waals surface area contributed by atoms with Gasteiger partial charge in [-0.25, -0.2) is 0 Å². The second-order valence-electron chi connectivity index (χ2n) is 5.24. The summed E-state index contributed by atoms with van der Waals surface area (Å²) in [6.45, 7) is 0. The first-order valence-corrected chi connectivity index (χ1v) is 7.14. The van der Waals surface area contributed by atoms with Gasteiger partial charge in [-0.3, -0.25) is 14.7 Å². The molecule has 18 heavy (non-hydrogen) atoms. The number of pyridine rings is 1. The van der Waals surface area contributed by atoms with E-state index in [2.05, 4.69) is 25.8 Å². The number of rotatable bonds is 4. The lowest BCUT2D eigenvalue weighted by molar-refractivity contribution is -0.128. The fourth-order valence-corrected chi connectivity index (χ4v) is 3.25. The molecule has 1 heterocycles. The number of ketones is 1. The highest BCUT2D eigenvalue weighted by atomic mass is 79.9. The molecule has 1 aromatic heterocycles. The molecule has 0 amide bonds. The second kappa shape index (κ2) is 5.49. The van der Waals surface area contributed by atoms with Crippen molar-refractivity contribution < 1.29 is 4.79 Å². The van der Waals surface area contributed by atoms with Gasteiger partial charge >= 0.3 is 0 Å². The zero-order valence-corrected chi connectivity index (χ0v) is 12.5. The lowest BCUT2D eigenvalue weighted by Crippen LogP contribution is -2.49. The molecule has 0 aliphatic heterocycles. The first-order chi connectivity index (χ1) is 8.54. The summed E-state index contributed by atoms with van der Waals surface area (Å²) in [7, 11) is 4.03. The van der Waals surface area contributed by atoms with Crippen LogP contribution in [0.25, 0.3) is 0 Å². The number of carbonyl (C=O) groups is 1. The van der Waals surface area contributed by atoms with Crippen molar-refractivity contribution in [2.24, 2.45) is 0 Å². The maximum absolute atomic E-state index is 12.6. The highest BCUT2D eigenvalue weighted by Gasteiger charge is 2.42. The van der Waals surface area contributed by atoms with Crippen molar-refractivity contribution in [3.63, 3.8) is 0 Å². The Labute approximate surface area is 117 Å². The van der Waals surface area contributed by atoms with E-state index in [-0.39, 0.29) is 5.54 Å². The standard InChI is InChI=1S/C14H19BrN2O/c1-17(2)14(5-3-4-6-14)13(18)8-11-7-12(15)10-16-9-11/h7,9-10H,3-6,8H2,1-2H3. The molecular weight excluding hydrogens is 292 g/mol. The van der Waals surface area contributed by atoms with Crippen molar-refractivity contribution in [2.75, 3.05) is 14.1 Å². The molecule has 0 N–H and O–H groups in total. The van der Waals surface area contributed by atoms with E-state index in [1.165, 1.54) is 0 Å². The minimum absolute atomic E-state index is 0.248. The second-order valence-corrected chi connectivity index (χ2v) is 6.16. The predicted molar refractivity (Wildman–Crippen MR) is 75.5 cm³/mol. The van der Waals surface area contributed by atoms with Gasteiger partial charge in [-0.15, -0.1) is 0 Å². The molecule has 3 nitrogen and oxygen atoms in total. The van der Waals surface area contributed by atoms with Crippen LogP contribution in [0.2, 0.25) is 0 Å². The molecular formula is C14H19BrN2O. The number of hydrogen-bond donors (Lipinski definition) is 0. The number of Topliss-reactive ketones (excluding diaryl/α,β-unsaturated/α-hetero) is 1. The third-order valence-electron chi connectivity index (χ3n) is 3.93. The van der Waals surface area contributed by atoms with Crippen LogP contribution in [0.4, 0.5) is 0 Å². The summed E-state index contributed by atoms with van der Waals surface area (Å²) in [6, 6.07) is 1.98. The molecule has 1 aliphatic rings. The highest BCUT2D eigenvalue weighted by Crippen LogP contribution is 2.35. The summed E-state index contributed by atoms with van der Waals surface area (Å²) in [4.78, 5) is 18.8. The zero-order valence-electron chi connectivity index (χ0n) is 10.9. The molecule has 2 rings (SSSR count). The Hall–Kier alpha value is -0.740. The Kier molecular flexibility index (Phi) is 4.17. The van der Waals surface area contributed by atoms with Crippen molar-refractivity contribution >= 4 is 21.7 Å². The maximum Gasteiger partial charge on any atom is 0.157 e. The minimum Gasteiger partial charge on any atom is -0.297 e. The summed E-state index contributed by atoms with van der Waals surface area (Å²) in [5, 5.41) is 0. The molecule has 0 aromatic carbocycles. The fourth-order valence-electron chi connectivity index (χ4n) is 2.84. The fraction of sp³-hybridized carbons (Fsp3) is 0.571. The van der Waals surface area contributed by atoms with E-state index in [1.807, 2.05) is 20.2 Å². The Bertz CT molecular complexity index is 439. The lowest BCUT2D eigenvalue weighted by atomic mass is 9.87. The molecule has 1 aromatic rings. The van der Waals surface area contributed by atoms with Crippen LogP contribution >= 0.6 is 15.9 Å². The topological polar surface area (TPSA) is 33.2 Å². The van der Waals surface area contributed by atoms with Crippen molar-refractivity contribution in [1.29, 1.82) is 0 Å². The van der Waals surface area contributed by atoms with Crippen LogP contribution in [0.15, 0.2) is 22.9 Å². The van der Waals surface area contributed by atoms with Gasteiger partial charge in [0, 0.05) is 23.3 Å². The van der Waals surface area contributed by atoms with Crippen LogP contribution in [0.5, 0.6) is 0 Å². The monoisotopic (exact) mass is 310 g/mol. The summed E-state index contributed by atoms with van der Waals surface area (Å²) in [6.07, 6.45) is 8.28. The van der Waals surface area contributed by atoms with Crippen LogP contribution in [0, 0.1) is 0 Å². The molecule has 1 aliphatic carbocycles. The summed E-state index contributed by atoms with van der Waals surface area (Å²) in [5.74, 6) is 0.324. The van der Waals surface area contributed by atoms with E-state index >= 15 is 0 Å². The predicted octanol–water partition coefficient (Wildman–Crippen LogP) is 2.83. The van der Waals surface area contributed by atoms with Crippen molar-refractivity contribution in [1.82, 2.24) is 9.88 Å². The van der Waals surface area contributed by atoms with E-state index in [1.54, 1.807) is 12.4 Å². The SMILES string of the molecule is CN(C)C1(C(=O)Cc2cncc(Br)c2)CCCC1. The average molecular weight is 311 g/mol. The number of carbonyl (C=O) groups excluding carboxylic acids is 1. The van der Waals surface area contributed by atoms with Gasteiger partial charge in [0.15, 0.2) is 5.78 Å². The highest BCUT2D eigenvalue weighted by molar-refractivity contribution is 9.10. The van der Waals surface area contributed by atoms with Crippen molar-refractivity contribution in [3.8, 4) is 0 Å². The maximum atomic E-state index is 12.6. The molecule has 4 heteroatoms. The van der Waals surface area contributed by atoms with Crippen molar-refractivity contribution in [3.05, 3.63) is 28.5 Å². The molecule has 0 bridgehead atoms.